The van der Waals surface area contributed by atoms with E-state index < -0.39 is 0 Å². The second-order valence-electron chi connectivity index (χ2n) is 7.44. The molecule has 7 heteroatoms. The molecule has 142 valence electrons. The first-order valence-corrected chi connectivity index (χ1v) is 9.67. The van der Waals surface area contributed by atoms with Crippen LogP contribution in [0.4, 0.5) is 17.5 Å². The van der Waals surface area contributed by atoms with Crippen LogP contribution in [0.25, 0.3) is 0 Å². The molecule has 4 rings (SSSR count). The van der Waals surface area contributed by atoms with Gasteiger partial charge in [0.25, 0.3) is 0 Å². The van der Waals surface area contributed by atoms with Crippen molar-refractivity contribution in [1.29, 1.82) is 0 Å². The molecule has 1 aliphatic heterocycles. The van der Waals surface area contributed by atoms with Crippen LogP contribution in [0.1, 0.15) is 30.7 Å². The number of pyridine rings is 1. The molecule has 7 nitrogen and oxygen atoms in total. The van der Waals surface area contributed by atoms with Crippen molar-refractivity contribution in [3.05, 3.63) is 35.8 Å². The Morgan fingerprint density at radius 3 is 2.52 bits per heavy atom. The molecule has 0 radical (unpaired) electrons. The fourth-order valence-corrected chi connectivity index (χ4v) is 3.58. The van der Waals surface area contributed by atoms with Gasteiger partial charge in [0.2, 0.25) is 5.91 Å². The lowest BCUT2D eigenvalue weighted by molar-refractivity contribution is -0.138. The summed E-state index contributed by atoms with van der Waals surface area (Å²) in [5, 5.41) is 3.27. The molecule has 0 unspecified atom stereocenters. The summed E-state index contributed by atoms with van der Waals surface area (Å²) in [5.74, 6) is 3.74. The number of carbonyl (C=O) groups is 1. The number of amides is 1. The van der Waals surface area contributed by atoms with Gasteiger partial charge < -0.3 is 15.1 Å². The maximum Gasteiger partial charge on any atom is 0.225 e. The summed E-state index contributed by atoms with van der Waals surface area (Å²) in [5.41, 5.74) is 1.14. The minimum Gasteiger partial charge on any atom is -0.353 e. The smallest absolute Gasteiger partial charge is 0.225 e. The molecular weight excluding hydrogens is 340 g/mol. The number of aromatic nitrogens is 3. The van der Waals surface area contributed by atoms with E-state index in [0.717, 1.165) is 67.9 Å². The molecule has 1 amide bonds. The minimum absolute atomic E-state index is 0.274. The van der Waals surface area contributed by atoms with Crippen LogP contribution in [-0.4, -0.2) is 51.9 Å². The molecule has 0 bridgehead atoms. The van der Waals surface area contributed by atoms with E-state index in [-0.39, 0.29) is 5.92 Å². The van der Waals surface area contributed by atoms with Crippen molar-refractivity contribution in [2.45, 2.75) is 33.1 Å². The molecule has 1 saturated heterocycles. The normalized spacial score (nSPS) is 17.6. The van der Waals surface area contributed by atoms with Crippen molar-refractivity contribution in [2.75, 3.05) is 36.4 Å². The van der Waals surface area contributed by atoms with Gasteiger partial charge in [-0.05, 0) is 44.4 Å². The highest BCUT2D eigenvalue weighted by Crippen LogP contribution is 2.29. The third kappa shape index (κ3) is 4.02. The number of nitrogens with one attached hydrogen (secondary N) is 1. The third-order valence-electron chi connectivity index (χ3n) is 5.37. The molecule has 27 heavy (non-hydrogen) atoms. The lowest BCUT2D eigenvalue weighted by Crippen LogP contribution is -2.51. The first-order valence-electron chi connectivity index (χ1n) is 9.67. The Morgan fingerprint density at radius 1 is 1.07 bits per heavy atom. The van der Waals surface area contributed by atoms with Gasteiger partial charge in [-0.25, -0.2) is 15.0 Å². The maximum atomic E-state index is 12.4. The van der Waals surface area contributed by atoms with Crippen LogP contribution < -0.4 is 10.2 Å². The molecule has 2 aliphatic rings. The van der Waals surface area contributed by atoms with E-state index in [2.05, 4.69) is 25.2 Å². The molecular formula is C20H26N6O. The largest absolute Gasteiger partial charge is 0.353 e. The quantitative estimate of drug-likeness (QED) is 0.897. The lowest BCUT2D eigenvalue weighted by Gasteiger charge is -2.38. The number of hydrogen-bond donors (Lipinski definition) is 1. The Hall–Kier alpha value is -2.70. The Bertz CT molecular complexity index is 827. The fraction of sp³-hybridized carbons (Fsp3) is 0.500. The molecule has 2 aromatic rings. The Labute approximate surface area is 159 Å². The molecule has 1 saturated carbocycles. The van der Waals surface area contributed by atoms with Crippen molar-refractivity contribution in [3.8, 4) is 0 Å². The Balaban J connectivity index is 1.43. The van der Waals surface area contributed by atoms with Crippen molar-refractivity contribution in [1.82, 2.24) is 19.9 Å². The highest BCUT2D eigenvalue weighted by molar-refractivity contribution is 5.79. The number of piperazine rings is 1. The van der Waals surface area contributed by atoms with Gasteiger partial charge in [0.15, 0.2) is 0 Å². The zero-order valence-electron chi connectivity index (χ0n) is 16.0. The first-order chi connectivity index (χ1) is 13.1. The zero-order valence-corrected chi connectivity index (χ0v) is 16.0. The van der Waals surface area contributed by atoms with Crippen LogP contribution in [0, 0.1) is 19.8 Å². The van der Waals surface area contributed by atoms with Gasteiger partial charge in [0.05, 0.1) is 0 Å². The van der Waals surface area contributed by atoms with Crippen molar-refractivity contribution in [2.24, 2.45) is 5.92 Å². The monoisotopic (exact) mass is 366 g/mol. The number of carbonyl (C=O) groups excluding carboxylic acids is 1. The van der Waals surface area contributed by atoms with Gasteiger partial charge in [-0.15, -0.1) is 0 Å². The third-order valence-corrected chi connectivity index (χ3v) is 5.37. The summed E-state index contributed by atoms with van der Waals surface area (Å²) >= 11 is 0. The molecule has 0 aromatic carbocycles. The van der Waals surface area contributed by atoms with Gasteiger partial charge in [-0.3, -0.25) is 4.79 Å². The summed E-state index contributed by atoms with van der Waals surface area (Å²) < 4.78 is 0. The van der Waals surface area contributed by atoms with E-state index in [1.807, 2.05) is 36.9 Å². The maximum absolute atomic E-state index is 12.4. The van der Waals surface area contributed by atoms with Crippen molar-refractivity contribution >= 4 is 23.4 Å². The van der Waals surface area contributed by atoms with E-state index in [9.17, 15) is 4.79 Å². The predicted molar refractivity (Wildman–Crippen MR) is 105 cm³/mol. The number of aryl methyl sites for hydroxylation is 2. The number of nitrogens with zero attached hydrogens (tertiary/aromatic N) is 5. The predicted octanol–water partition coefficient (Wildman–Crippen LogP) is 2.68. The fourth-order valence-electron chi connectivity index (χ4n) is 3.58. The molecule has 0 spiro atoms. The summed E-state index contributed by atoms with van der Waals surface area (Å²) in [4.78, 5) is 30.1. The van der Waals surface area contributed by atoms with Gasteiger partial charge >= 0.3 is 0 Å². The second-order valence-corrected chi connectivity index (χ2v) is 7.44. The standard InChI is InChI=1S/C20H26N6O/c1-14-6-7-21-17(12-14)24-18-13-19(23-15(2)22-18)25-8-10-26(11-9-25)20(27)16-4-3-5-16/h6-7,12-13,16H,3-5,8-11H2,1-2H3,(H,21,22,23,24). The highest BCUT2D eigenvalue weighted by atomic mass is 16.2. The summed E-state index contributed by atoms with van der Waals surface area (Å²) in [6.45, 7) is 7.07. The van der Waals surface area contributed by atoms with Crippen LogP contribution in [0.15, 0.2) is 24.4 Å². The van der Waals surface area contributed by atoms with Crippen molar-refractivity contribution in [3.63, 3.8) is 0 Å². The van der Waals surface area contributed by atoms with Crippen LogP contribution in [0.3, 0.4) is 0 Å². The molecule has 1 aliphatic carbocycles. The van der Waals surface area contributed by atoms with E-state index in [0.29, 0.717) is 5.91 Å². The number of hydrogen-bond acceptors (Lipinski definition) is 6. The van der Waals surface area contributed by atoms with E-state index in [1.54, 1.807) is 6.20 Å². The second kappa shape index (κ2) is 7.50. The lowest BCUT2D eigenvalue weighted by atomic mass is 9.84. The minimum atomic E-state index is 0.274. The van der Waals surface area contributed by atoms with Crippen LogP contribution in [0.5, 0.6) is 0 Å². The molecule has 2 fully saturated rings. The van der Waals surface area contributed by atoms with E-state index in [4.69, 9.17) is 0 Å². The molecule has 0 atom stereocenters. The molecule has 3 heterocycles. The SMILES string of the molecule is Cc1ccnc(Nc2cc(N3CCN(C(=O)C4CCC4)CC3)nc(C)n2)c1. The van der Waals surface area contributed by atoms with Crippen molar-refractivity contribution < 1.29 is 4.79 Å². The zero-order chi connectivity index (χ0) is 18.8. The Morgan fingerprint density at radius 2 is 1.85 bits per heavy atom. The first kappa shape index (κ1) is 17.7. The van der Waals surface area contributed by atoms with E-state index in [1.165, 1.54) is 6.42 Å². The van der Waals surface area contributed by atoms with E-state index >= 15 is 0 Å². The summed E-state index contributed by atoms with van der Waals surface area (Å²) in [7, 11) is 0. The Kier molecular flexibility index (Phi) is 4.92. The van der Waals surface area contributed by atoms with Crippen LogP contribution in [-0.2, 0) is 4.79 Å². The summed E-state index contributed by atoms with van der Waals surface area (Å²) in [6, 6.07) is 5.91. The topological polar surface area (TPSA) is 74.2 Å². The molecule has 1 N–H and O–H groups in total. The van der Waals surface area contributed by atoms with Gasteiger partial charge in [-0.2, -0.15) is 0 Å². The van der Waals surface area contributed by atoms with Gasteiger partial charge in [0, 0.05) is 44.4 Å². The molecule has 2 aromatic heterocycles. The average molecular weight is 366 g/mol. The highest BCUT2D eigenvalue weighted by Gasteiger charge is 2.31. The van der Waals surface area contributed by atoms with Gasteiger partial charge in [0.1, 0.15) is 23.3 Å². The average Bonchev–Trinajstić information content (AvgIpc) is 2.60. The van der Waals surface area contributed by atoms with Crippen LogP contribution in [0.2, 0.25) is 0 Å². The number of anilines is 3. The number of rotatable bonds is 4. The van der Waals surface area contributed by atoms with Gasteiger partial charge in [-0.1, -0.05) is 6.42 Å². The van der Waals surface area contributed by atoms with Crippen LogP contribution >= 0.6 is 0 Å². The summed E-state index contributed by atoms with van der Waals surface area (Å²) in [6.07, 6.45) is 5.10.